The number of carbonyl (C=O) groups is 3. The van der Waals surface area contributed by atoms with Gasteiger partial charge in [-0.2, -0.15) is 0 Å². The summed E-state index contributed by atoms with van der Waals surface area (Å²) in [7, 11) is 1.60. The Morgan fingerprint density at radius 3 is 2.59 bits per heavy atom. The molecule has 0 spiro atoms. The molecule has 3 rings (SSSR count). The lowest BCUT2D eigenvalue weighted by atomic mass is 10.1. The zero-order valence-electron chi connectivity index (χ0n) is 18.9. The summed E-state index contributed by atoms with van der Waals surface area (Å²) < 4.78 is 19.9. The van der Waals surface area contributed by atoms with E-state index in [1.54, 1.807) is 20.0 Å². The number of nitrogens with one attached hydrogen (secondary N) is 3. The molecule has 3 atom stereocenters. The van der Waals surface area contributed by atoms with Crippen molar-refractivity contribution in [2.75, 3.05) is 26.7 Å². The number of hydrogen-bond acceptors (Lipinski definition) is 5. The molecule has 32 heavy (non-hydrogen) atoms. The minimum atomic E-state index is -0.708. The molecule has 2 aliphatic rings. The predicted molar refractivity (Wildman–Crippen MR) is 118 cm³/mol. The number of rotatable bonds is 1. The summed E-state index contributed by atoms with van der Waals surface area (Å²) in [6, 6.07) is 3.33. The van der Waals surface area contributed by atoms with Crippen molar-refractivity contribution in [3.8, 4) is 5.75 Å². The van der Waals surface area contributed by atoms with Crippen LogP contribution in [0.3, 0.4) is 0 Å². The second-order valence-corrected chi connectivity index (χ2v) is 8.70. The number of carbonyl (C=O) groups excluding carboxylic acids is 3. The van der Waals surface area contributed by atoms with E-state index in [1.807, 2.05) is 6.92 Å². The van der Waals surface area contributed by atoms with E-state index >= 15 is 0 Å². The highest BCUT2D eigenvalue weighted by atomic mass is 19.1. The molecule has 0 bridgehead atoms. The Kier molecular flexibility index (Phi) is 8.06. The highest BCUT2D eigenvalue weighted by Gasteiger charge is 2.39. The number of amides is 3. The molecular formula is C23H33FN4O4. The standard InChI is InChI=1S/C23H33FN4O4/c1-14-12-26-21(17-6-7-17)23(31)28(3)15(2)22(30)27-13-20(29)25-10-4-5-16-8-9-18(24)11-19(16)32-14/h8-9,11,14-15,17,21,26H,4-7,10,12-13H2,1-3H3,(H,25,29)(H,27,30)/t14-,15-,21+/m1/s1. The van der Waals surface area contributed by atoms with Gasteiger partial charge in [-0.25, -0.2) is 4.39 Å². The van der Waals surface area contributed by atoms with Gasteiger partial charge in [0.25, 0.3) is 0 Å². The van der Waals surface area contributed by atoms with Gasteiger partial charge in [0.15, 0.2) is 0 Å². The Labute approximate surface area is 188 Å². The van der Waals surface area contributed by atoms with Crippen molar-refractivity contribution in [2.24, 2.45) is 5.92 Å². The fourth-order valence-corrected chi connectivity index (χ4v) is 3.75. The van der Waals surface area contributed by atoms with Gasteiger partial charge in [-0.3, -0.25) is 14.4 Å². The number of halogens is 1. The van der Waals surface area contributed by atoms with Gasteiger partial charge in [-0.15, -0.1) is 0 Å². The van der Waals surface area contributed by atoms with Gasteiger partial charge >= 0.3 is 0 Å². The molecule has 1 aromatic rings. The molecule has 1 saturated carbocycles. The normalized spacial score (nSPS) is 26.8. The summed E-state index contributed by atoms with van der Waals surface area (Å²) in [5.41, 5.74) is 0.852. The number of nitrogens with zero attached hydrogens (tertiary/aromatic N) is 1. The second-order valence-electron chi connectivity index (χ2n) is 8.70. The summed E-state index contributed by atoms with van der Waals surface area (Å²) in [5.74, 6) is -0.537. The smallest absolute Gasteiger partial charge is 0.242 e. The lowest BCUT2D eigenvalue weighted by Crippen LogP contribution is -2.54. The average molecular weight is 449 g/mol. The fourth-order valence-electron chi connectivity index (χ4n) is 3.75. The summed E-state index contributed by atoms with van der Waals surface area (Å²) in [6.45, 7) is 4.18. The second kappa shape index (κ2) is 10.8. The summed E-state index contributed by atoms with van der Waals surface area (Å²) in [5, 5.41) is 8.66. The first kappa shape index (κ1) is 24.0. The fraction of sp³-hybridized carbons (Fsp3) is 0.609. The van der Waals surface area contributed by atoms with Crippen molar-refractivity contribution >= 4 is 17.7 Å². The number of benzene rings is 1. The van der Waals surface area contributed by atoms with Gasteiger partial charge < -0.3 is 25.6 Å². The van der Waals surface area contributed by atoms with Crippen molar-refractivity contribution in [1.29, 1.82) is 0 Å². The van der Waals surface area contributed by atoms with Crippen LogP contribution < -0.4 is 20.7 Å². The topological polar surface area (TPSA) is 99.8 Å². The first-order valence-electron chi connectivity index (χ1n) is 11.3. The molecule has 3 N–H and O–H groups in total. The van der Waals surface area contributed by atoms with E-state index in [-0.39, 0.29) is 42.1 Å². The van der Waals surface area contributed by atoms with E-state index in [1.165, 1.54) is 17.0 Å². The minimum absolute atomic E-state index is 0.155. The lowest BCUT2D eigenvalue weighted by Gasteiger charge is -2.29. The highest BCUT2D eigenvalue weighted by Crippen LogP contribution is 2.33. The maximum Gasteiger partial charge on any atom is 0.242 e. The van der Waals surface area contributed by atoms with E-state index in [9.17, 15) is 18.8 Å². The molecule has 0 aromatic heterocycles. The van der Waals surface area contributed by atoms with Crippen LogP contribution in [0.1, 0.15) is 38.7 Å². The molecule has 176 valence electrons. The number of hydrogen-bond donors (Lipinski definition) is 3. The molecule has 1 fully saturated rings. The van der Waals surface area contributed by atoms with Crippen molar-refractivity contribution < 1.29 is 23.5 Å². The van der Waals surface area contributed by atoms with Crippen molar-refractivity contribution in [1.82, 2.24) is 20.9 Å². The van der Waals surface area contributed by atoms with Crippen LogP contribution in [0.15, 0.2) is 18.2 Å². The van der Waals surface area contributed by atoms with Gasteiger partial charge in [0.2, 0.25) is 17.7 Å². The van der Waals surface area contributed by atoms with Gasteiger partial charge in [0, 0.05) is 26.2 Å². The third kappa shape index (κ3) is 6.41. The van der Waals surface area contributed by atoms with Crippen LogP contribution in [0.5, 0.6) is 5.75 Å². The molecular weight excluding hydrogens is 415 g/mol. The van der Waals surface area contributed by atoms with Crippen LogP contribution in [0.2, 0.25) is 0 Å². The summed E-state index contributed by atoms with van der Waals surface area (Å²) in [6.07, 6.45) is 2.84. The van der Waals surface area contributed by atoms with Crippen molar-refractivity contribution in [3.63, 3.8) is 0 Å². The zero-order chi connectivity index (χ0) is 23.3. The van der Waals surface area contributed by atoms with Crippen LogP contribution in [-0.2, 0) is 20.8 Å². The molecule has 1 aliphatic carbocycles. The number of aryl methyl sites for hydroxylation is 1. The van der Waals surface area contributed by atoms with Gasteiger partial charge in [-0.1, -0.05) is 6.07 Å². The van der Waals surface area contributed by atoms with Crippen LogP contribution in [-0.4, -0.2) is 67.5 Å². The third-order valence-corrected chi connectivity index (χ3v) is 6.02. The first-order chi connectivity index (χ1) is 15.3. The van der Waals surface area contributed by atoms with Crippen LogP contribution in [0.4, 0.5) is 4.39 Å². The Morgan fingerprint density at radius 1 is 1.12 bits per heavy atom. The summed E-state index contributed by atoms with van der Waals surface area (Å²) in [4.78, 5) is 39.1. The van der Waals surface area contributed by atoms with Crippen molar-refractivity contribution in [2.45, 2.75) is 57.7 Å². The van der Waals surface area contributed by atoms with E-state index in [2.05, 4.69) is 16.0 Å². The number of likely N-dealkylation sites (N-methyl/N-ethyl adjacent to an activating group) is 1. The quantitative estimate of drug-likeness (QED) is 0.595. The number of ether oxygens (including phenoxy) is 1. The van der Waals surface area contributed by atoms with Gasteiger partial charge in [0.1, 0.15) is 23.7 Å². The first-order valence-corrected chi connectivity index (χ1v) is 11.3. The zero-order valence-corrected chi connectivity index (χ0v) is 18.9. The maximum absolute atomic E-state index is 13.8. The van der Waals surface area contributed by atoms with Crippen LogP contribution in [0.25, 0.3) is 0 Å². The molecule has 1 aromatic carbocycles. The molecule has 0 saturated heterocycles. The Bertz CT molecular complexity index is 845. The van der Waals surface area contributed by atoms with Crippen LogP contribution in [0, 0.1) is 11.7 Å². The predicted octanol–water partition coefficient (Wildman–Crippen LogP) is 0.987. The monoisotopic (exact) mass is 448 g/mol. The van der Waals surface area contributed by atoms with Gasteiger partial charge in [0.05, 0.1) is 12.6 Å². The molecule has 1 aliphatic heterocycles. The summed E-state index contributed by atoms with van der Waals surface area (Å²) >= 11 is 0. The average Bonchev–Trinajstić information content (AvgIpc) is 3.59. The lowest BCUT2D eigenvalue weighted by molar-refractivity contribution is -0.140. The highest BCUT2D eigenvalue weighted by molar-refractivity contribution is 5.91. The molecule has 8 nitrogen and oxygen atoms in total. The van der Waals surface area contributed by atoms with Gasteiger partial charge in [-0.05, 0) is 57.1 Å². The van der Waals surface area contributed by atoms with Crippen molar-refractivity contribution in [3.05, 3.63) is 29.6 Å². The molecule has 0 radical (unpaired) electrons. The van der Waals surface area contributed by atoms with E-state index in [4.69, 9.17) is 4.74 Å². The Morgan fingerprint density at radius 2 is 1.88 bits per heavy atom. The Balaban J connectivity index is 1.77. The largest absolute Gasteiger partial charge is 0.489 e. The molecule has 1 heterocycles. The van der Waals surface area contributed by atoms with E-state index in [0.717, 1.165) is 18.4 Å². The van der Waals surface area contributed by atoms with Crippen LogP contribution >= 0.6 is 0 Å². The minimum Gasteiger partial charge on any atom is -0.489 e. The molecule has 9 heteroatoms. The maximum atomic E-state index is 13.8. The molecule has 3 amide bonds. The molecule has 0 unspecified atom stereocenters. The Hall–Kier alpha value is -2.68. The number of fused-ring (bicyclic) bond motifs is 1. The third-order valence-electron chi connectivity index (χ3n) is 6.02. The van der Waals surface area contributed by atoms with E-state index < -0.39 is 12.1 Å². The SMILES string of the molecule is C[C@@H]1CN[C@@H](C2CC2)C(=O)N(C)[C@H](C)C(=O)NCC(=O)NCCCc2ccc(F)cc2O1. The van der Waals surface area contributed by atoms with E-state index in [0.29, 0.717) is 31.7 Å².